The Kier molecular flexibility index (Phi) is 6.63. The highest BCUT2D eigenvalue weighted by molar-refractivity contribution is 6.22. The summed E-state index contributed by atoms with van der Waals surface area (Å²) in [5, 5.41) is 7.73. The topological polar surface area (TPSA) is 0 Å². The number of fused-ring (bicyclic) bond motifs is 7. The number of rotatable bonds is 4. The van der Waals surface area contributed by atoms with Crippen molar-refractivity contribution in [2.75, 3.05) is 0 Å². The summed E-state index contributed by atoms with van der Waals surface area (Å²) in [5.74, 6) is 0. The van der Waals surface area contributed by atoms with E-state index in [1.807, 2.05) is 0 Å². The normalized spacial score (nSPS) is 13.1. The van der Waals surface area contributed by atoms with Crippen molar-refractivity contribution in [1.29, 1.82) is 0 Å². The van der Waals surface area contributed by atoms with Crippen LogP contribution in [0.2, 0.25) is 0 Å². The molecule has 0 saturated heterocycles. The van der Waals surface area contributed by atoms with Crippen molar-refractivity contribution in [1.82, 2.24) is 0 Å². The van der Waals surface area contributed by atoms with Gasteiger partial charge < -0.3 is 0 Å². The van der Waals surface area contributed by atoms with Crippen LogP contribution in [0.5, 0.6) is 0 Å². The lowest BCUT2D eigenvalue weighted by Crippen LogP contribution is -2.15. The van der Waals surface area contributed by atoms with Gasteiger partial charge in [0.1, 0.15) is 0 Å². The summed E-state index contributed by atoms with van der Waals surface area (Å²) >= 11 is 0. The molecule has 0 bridgehead atoms. The van der Waals surface area contributed by atoms with E-state index in [0.717, 1.165) is 0 Å². The number of hydrogen-bond acceptors (Lipinski definition) is 0. The largest absolute Gasteiger partial charge is 0.0622 e. The molecule has 0 unspecified atom stereocenters. The Morgan fingerprint density at radius 3 is 1.49 bits per heavy atom. The lowest BCUT2D eigenvalue weighted by molar-refractivity contribution is 0.666. The average molecular weight is 649 g/mol. The van der Waals surface area contributed by atoms with E-state index in [1.54, 1.807) is 0 Å². The van der Waals surface area contributed by atoms with E-state index in [1.165, 1.54) is 99.1 Å². The van der Waals surface area contributed by atoms with Crippen molar-refractivity contribution in [3.8, 4) is 55.6 Å². The van der Waals surface area contributed by atoms with Gasteiger partial charge in [-0.05, 0) is 99.1 Å². The zero-order valence-corrected chi connectivity index (χ0v) is 28.8. The van der Waals surface area contributed by atoms with Crippen LogP contribution >= 0.6 is 0 Å². The molecule has 1 aliphatic rings. The molecule has 1 aliphatic carbocycles. The molecule has 240 valence electrons. The summed E-state index contributed by atoms with van der Waals surface area (Å²) < 4.78 is 0. The van der Waals surface area contributed by atoms with Gasteiger partial charge in [0.25, 0.3) is 0 Å². The summed E-state index contributed by atoms with van der Waals surface area (Å²) in [4.78, 5) is 0. The molecule has 0 saturated carbocycles. The fraction of sp³-hybridized carbons (Fsp3) is 0.0588. The molecule has 9 aromatic rings. The third-order valence-electron chi connectivity index (χ3n) is 11.3. The van der Waals surface area contributed by atoms with Gasteiger partial charge in [0.2, 0.25) is 0 Å². The van der Waals surface area contributed by atoms with Crippen LogP contribution in [0.3, 0.4) is 0 Å². The van der Waals surface area contributed by atoms with Gasteiger partial charge in [-0.25, -0.2) is 0 Å². The maximum atomic E-state index is 2.38. The Morgan fingerprint density at radius 2 is 0.804 bits per heavy atom. The molecule has 0 aromatic heterocycles. The SMILES string of the molecule is CC1(C)c2cccc(-c3ccc(-c4c5ccccc5c(-c5ccccc5-c5ccccc5)c5ccccc45)cc3)c2-c2ccc3ccccc3c21. The number of hydrogen-bond donors (Lipinski definition) is 0. The molecule has 0 N–H and O–H groups in total. The molecular weight excluding hydrogens is 613 g/mol. The van der Waals surface area contributed by atoms with Crippen molar-refractivity contribution in [2.24, 2.45) is 0 Å². The van der Waals surface area contributed by atoms with Crippen LogP contribution in [0, 0.1) is 0 Å². The predicted octanol–water partition coefficient (Wildman–Crippen LogP) is 14.1. The van der Waals surface area contributed by atoms with Crippen molar-refractivity contribution in [2.45, 2.75) is 19.3 Å². The first-order valence-electron chi connectivity index (χ1n) is 17.9. The molecular formula is C51H36. The maximum Gasteiger partial charge on any atom is 0.0165 e. The molecule has 0 atom stereocenters. The summed E-state index contributed by atoms with van der Waals surface area (Å²) in [6.07, 6.45) is 0. The highest BCUT2D eigenvalue weighted by Crippen LogP contribution is 2.54. The van der Waals surface area contributed by atoms with Gasteiger partial charge in [-0.1, -0.05) is 196 Å². The Bertz CT molecular complexity index is 2740. The minimum absolute atomic E-state index is 0.0831. The Balaban J connectivity index is 1.16. The fourth-order valence-corrected chi connectivity index (χ4v) is 9.01. The smallest absolute Gasteiger partial charge is 0.0165 e. The lowest BCUT2D eigenvalue weighted by atomic mass is 9.80. The molecule has 0 radical (unpaired) electrons. The van der Waals surface area contributed by atoms with Gasteiger partial charge in [-0.15, -0.1) is 0 Å². The Labute approximate surface area is 299 Å². The first kappa shape index (κ1) is 29.7. The zero-order chi connectivity index (χ0) is 34.1. The van der Waals surface area contributed by atoms with E-state index in [-0.39, 0.29) is 5.41 Å². The van der Waals surface area contributed by atoms with Crippen LogP contribution in [0.4, 0.5) is 0 Å². The van der Waals surface area contributed by atoms with Gasteiger partial charge in [-0.3, -0.25) is 0 Å². The van der Waals surface area contributed by atoms with Crippen molar-refractivity contribution >= 4 is 32.3 Å². The summed E-state index contributed by atoms with van der Waals surface area (Å²) in [6.45, 7) is 4.77. The van der Waals surface area contributed by atoms with E-state index in [4.69, 9.17) is 0 Å². The Morgan fingerprint density at radius 1 is 0.294 bits per heavy atom. The first-order chi connectivity index (χ1) is 25.1. The minimum atomic E-state index is -0.0831. The maximum absolute atomic E-state index is 2.38. The van der Waals surface area contributed by atoms with Crippen LogP contribution in [-0.4, -0.2) is 0 Å². The van der Waals surface area contributed by atoms with Crippen LogP contribution in [-0.2, 0) is 5.41 Å². The standard InChI is InChI=1S/C51H36/c1-51(2)46-26-14-25-38(49(46)45-32-31-34-17-6-7-19-39(34)50(45)51)35-27-29-36(30-28-35)47-41-21-10-12-23-43(41)48(44-24-13-11-22-42(44)47)40-20-9-8-18-37(40)33-15-4-3-5-16-33/h3-32H,1-2H3. The predicted molar refractivity (Wildman–Crippen MR) is 218 cm³/mol. The molecule has 9 aromatic carbocycles. The third-order valence-corrected chi connectivity index (χ3v) is 11.3. The first-order valence-corrected chi connectivity index (χ1v) is 17.9. The van der Waals surface area contributed by atoms with Crippen LogP contribution < -0.4 is 0 Å². The summed E-state index contributed by atoms with van der Waals surface area (Å²) in [7, 11) is 0. The summed E-state index contributed by atoms with van der Waals surface area (Å²) in [5.41, 5.74) is 15.6. The highest BCUT2D eigenvalue weighted by atomic mass is 14.4. The van der Waals surface area contributed by atoms with Gasteiger partial charge in [0, 0.05) is 5.41 Å². The second-order valence-corrected chi connectivity index (χ2v) is 14.4. The molecule has 0 aliphatic heterocycles. The van der Waals surface area contributed by atoms with Gasteiger partial charge >= 0.3 is 0 Å². The fourth-order valence-electron chi connectivity index (χ4n) is 9.01. The third kappa shape index (κ3) is 4.46. The molecule has 0 spiro atoms. The van der Waals surface area contributed by atoms with Crippen LogP contribution in [0.15, 0.2) is 182 Å². The molecule has 0 nitrogen and oxygen atoms in total. The summed E-state index contributed by atoms with van der Waals surface area (Å²) in [6, 6.07) is 67.2. The average Bonchev–Trinajstić information content (AvgIpc) is 3.44. The quantitative estimate of drug-likeness (QED) is 0.167. The van der Waals surface area contributed by atoms with Gasteiger partial charge in [0.05, 0.1) is 0 Å². The zero-order valence-electron chi connectivity index (χ0n) is 28.8. The van der Waals surface area contributed by atoms with Gasteiger partial charge in [0.15, 0.2) is 0 Å². The second kappa shape index (κ2) is 11.4. The van der Waals surface area contributed by atoms with Crippen LogP contribution in [0.25, 0.3) is 88.0 Å². The molecule has 0 heterocycles. The minimum Gasteiger partial charge on any atom is -0.0622 e. The van der Waals surface area contributed by atoms with E-state index in [0.29, 0.717) is 0 Å². The van der Waals surface area contributed by atoms with Crippen molar-refractivity contribution < 1.29 is 0 Å². The van der Waals surface area contributed by atoms with E-state index >= 15 is 0 Å². The number of benzene rings is 9. The molecule has 51 heavy (non-hydrogen) atoms. The lowest BCUT2D eigenvalue weighted by Gasteiger charge is -2.23. The monoisotopic (exact) mass is 648 g/mol. The second-order valence-electron chi connectivity index (χ2n) is 14.4. The molecule has 0 amide bonds. The molecule has 10 rings (SSSR count). The van der Waals surface area contributed by atoms with E-state index in [2.05, 4.69) is 196 Å². The van der Waals surface area contributed by atoms with Crippen molar-refractivity contribution in [3.63, 3.8) is 0 Å². The van der Waals surface area contributed by atoms with Gasteiger partial charge in [-0.2, -0.15) is 0 Å². The molecule has 0 fully saturated rings. The molecule has 0 heteroatoms. The Hall–Kier alpha value is -6.24. The van der Waals surface area contributed by atoms with E-state index < -0.39 is 0 Å². The van der Waals surface area contributed by atoms with Crippen molar-refractivity contribution in [3.05, 3.63) is 193 Å². The highest BCUT2D eigenvalue weighted by Gasteiger charge is 2.38. The van der Waals surface area contributed by atoms with Crippen LogP contribution in [0.1, 0.15) is 25.0 Å². The van der Waals surface area contributed by atoms with E-state index in [9.17, 15) is 0 Å².